The van der Waals surface area contributed by atoms with Crippen molar-refractivity contribution >= 4 is 24.3 Å². The Morgan fingerprint density at radius 2 is 2.10 bits per heavy atom. The molecule has 2 nitrogen and oxygen atoms in total. The first kappa shape index (κ1) is 9.69. The molecular weight excluding hydrogens is 148 g/mol. The van der Waals surface area contributed by atoms with Crippen molar-refractivity contribution in [3.05, 3.63) is 0 Å². The van der Waals surface area contributed by atoms with Crippen LogP contribution in [0.25, 0.3) is 0 Å². The molecular formula is C7H11O2S. The maximum absolute atomic E-state index is 10.3. The van der Waals surface area contributed by atoms with Crippen LogP contribution in [0.1, 0.15) is 13.8 Å². The minimum absolute atomic E-state index is 0.273. The molecule has 0 rings (SSSR count). The Bertz CT molecular complexity index is 132. The van der Waals surface area contributed by atoms with Crippen LogP contribution >= 0.6 is 11.8 Å². The normalized spacial score (nSPS) is 14.3. The van der Waals surface area contributed by atoms with E-state index in [-0.39, 0.29) is 5.25 Å². The van der Waals surface area contributed by atoms with Crippen molar-refractivity contribution in [2.24, 2.45) is 5.41 Å². The van der Waals surface area contributed by atoms with Crippen LogP contribution < -0.4 is 0 Å². The van der Waals surface area contributed by atoms with Crippen molar-refractivity contribution in [1.82, 2.24) is 0 Å². The first-order valence-corrected chi connectivity index (χ1v) is 4.24. The van der Waals surface area contributed by atoms with Gasteiger partial charge in [-0.2, -0.15) is 11.8 Å². The zero-order valence-electron chi connectivity index (χ0n) is 6.38. The SMILES string of the molecule is CSC(C=O)C(C)(C)[C]=O. The highest BCUT2D eigenvalue weighted by atomic mass is 32.2. The summed E-state index contributed by atoms with van der Waals surface area (Å²) in [5.41, 5.74) is -0.652. The van der Waals surface area contributed by atoms with Crippen molar-refractivity contribution in [1.29, 1.82) is 0 Å². The van der Waals surface area contributed by atoms with Gasteiger partial charge < -0.3 is 4.79 Å². The second-order valence-electron chi connectivity index (χ2n) is 2.62. The van der Waals surface area contributed by atoms with Crippen LogP contribution in [0.5, 0.6) is 0 Å². The van der Waals surface area contributed by atoms with Crippen LogP contribution in [0, 0.1) is 5.41 Å². The monoisotopic (exact) mass is 159 g/mol. The van der Waals surface area contributed by atoms with E-state index in [1.807, 2.05) is 6.29 Å². The molecule has 57 valence electrons. The molecule has 0 bridgehead atoms. The molecule has 0 aliphatic heterocycles. The summed E-state index contributed by atoms with van der Waals surface area (Å²) in [6.45, 7) is 3.41. The van der Waals surface area contributed by atoms with Gasteiger partial charge in [0.25, 0.3) is 0 Å². The number of hydrogen-bond donors (Lipinski definition) is 0. The van der Waals surface area contributed by atoms with E-state index in [4.69, 9.17) is 0 Å². The highest BCUT2D eigenvalue weighted by molar-refractivity contribution is 7.99. The molecule has 1 radical (unpaired) electrons. The summed E-state index contributed by atoms with van der Waals surface area (Å²) < 4.78 is 0. The predicted molar refractivity (Wildman–Crippen MR) is 42.8 cm³/mol. The maximum atomic E-state index is 10.3. The first-order chi connectivity index (χ1) is 4.58. The molecule has 3 heteroatoms. The van der Waals surface area contributed by atoms with E-state index in [1.165, 1.54) is 11.8 Å². The molecule has 0 aliphatic carbocycles. The van der Waals surface area contributed by atoms with Gasteiger partial charge in [0, 0.05) is 5.41 Å². The lowest BCUT2D eigenvalue weighted by Gasteiger charge is -2.20. The fourth-order valence-electron chi connectivity index (χ4n) is 0.578. The number of carbonyl (C=O) groups is 1. The van der Waals surface area contributed by atoms with Crippen molar-refractivity contribution in [3.63, 3.8) is 0 Å². The molecule has 0 heterocycles. The lowest BCUT2D eigenvalue weighted by molar-refractivity contribution is -0.108. The average Bonchev–Trinajstić information content (AvgIpc) is 1.90. The minimum Gasteiger partial charge on any atom is -0.302 e. The Labute approximate surface area is 65.4 Å². The van der Waals surface area contributed by atoms with E-state index in [1.54, 1.807) is 20.1 Å². The van der Waals surface area contributed by atoms with E-state index < -0.39 is 5.41 Å². The molecule has 0 saturated heterocycles. The topological polar surface area (TPSA) is 34.1 Å². The lowest BCUT2D eigenvalue weighted by Crippen LogP contribution is -2.28. The molecule has 0 aromatic rings. The fourth-order valence-corrected chi connectivity index (χ4v) is 1.33. The Morgan fingerprint density at radius 1 is 1.60 bits per heavy atom. The Kier molecular flexibility index (Phi) is 3.64. The highest BCUT2D eigenvalue weighted by Gasteiger charge is 2.28. The fraction of sp³-hybridized carbons (Fsp3) is 0.714. The number of aldehydes is 1. The van der Waals surface area contributed by atoms with Gasteiger partial charge in [-0.05, 0) is 6.26 Å². The number of thioether (sulfide) groups is 1. The molecule has 0 N–H and O–H groups in total. The van der Waals surface area contributed by atoms with Crippen molar-refractivity contribution in [2.45, 2.75) is 19.1 Å². The molecule has 0 aliphatic rings. The second-order valence-corrected chi connectivity index (χ2v) is 3.60. The molecule has 0 aromatic heterocycles. The molecule has 1 unspecified atom stereocenters. The maximum Gasteiger partial charge on any atom is 0.206 e. The summed E-state index contributed by atoms with van der Waals surface area (Å²) in [5, 5.41) is -0.273. The van der Waals surface area contributed by atoms with Gasteiger partial charge in [0.2, 0.25) is 6.29 Å². The molecule has 1 atom stereocenters. The summed E-state index contributed by atoms with van der Waals surface area (Å²) in [6, 6.07) is 0. The van der Waals surface area contributed by atoms with Crippen molar-refractivity contribution in [2.75, 3.05) is 6.26 Å². The number of carbonyl (C=O) groups excluding carboxylic acids is 2. The second kappa shape index (κ2) is 3.76. The predicted octanol–water partition coefficient (Wildman–Crippen LogP) is 1.05. The molecule has 0 fully saturated rings. The largest absolute Gasteiger partial charge is 0.302 e. The van der Waals surface area contributed by atoms with E-state index in [9.17, 15) is 9.59 Å². The van der Waals surface area contributed by atoms with Gasteiger partial charge >= 0.3 is 0 Å². The highest BCUT2D eigenvalue weighted by Crippen LogP contribution is 2.25. The summed E-state index contributed by atoms with van der Waals surface area (Å²) in [5.74, 6) is 0. The summed E-state index contributed by atoms with van der Waals surface area (Å²) in [6.07, 6.45) is 4.43. The van der Waals surface area contributed by atoms with Gasteiger partial charge in [-0.1, -0.05) is 13.8 Å². The minimum atomic E-state index is -0.652. The first-order valence-electron chi connectivity index (χ1n) is 2.96. The van der Waals surface area contributed by atoms with Crippen LogP contribution in [-0.4, -0.2) is 24.1 Å². The zero-order chi connectivity index (χ0) is 8.20. The lowest BCUT2D eigenvalue weighted by atomic mass is 9.92. The summed E-state index contributed by atoms with van der Waals surface area (Å²) in [4.78, 5) is 20.6. The standard InChI is InChI=1S/C7H11O2S/c1-7(2,5-9)6(4-8)10-3/h4,6H,1-3H3. The Morgan fingerprint density at radius 3 is 2.20 bits per heavy atom. The van der Waals surface area contributed by atoms with Crippen molar-refractivity contribution < 1.29 is 9.59 Å². The average molecular weight is 159 g/mol. The molecule has 10 heavy (non-hydrogen) atoms. The zero-order valence-corrected chi connectivity index (χ0v) is 7.20. The van der Waals surface area contributed by atoms with Gasteiger partial charge in [0.05, 0.1) is 5.25 Å². The number of hydrogen-bond acceptors (Lipinski definition) is 3. The molecule has 0 aromatic carbocycles. The summed E-state index contributed by atoms with van der Waals surface area (Å²) in [7, 11) is 0. The summed E-state index contributed by atoms with van der Waals surface area (Å²) >= 11 is 1.37. The van der Waals surface area contributed by atoms with E-state index in [0.29, 0.717) is 0 Å². The van der Waals surface area contributed by atoms with Crippen LogP contribution in [0.4, 0.5) is 0 Å². The van der Waals surface area contributed by atoms with Gasteiger partial charge in [0.15, 0.2) is 0 Å². The van der Waals surface area contributed by atoms with Crippen LogP contribution in [-0.2, 0) is 9.59 Å². The Hall–Kier alpha value is -0.310. The molecule has 0 amide bonds. The van der Waals surface area contributed by atoms with Crippen molar-refractivity contribution in [3.8, 4) is 0 Å². The smallest absolute Gasteiger partial charge is 0.206 e. The molecule has 0 saturated carbocycles. The van der Waals surface area contributed by atoms with E-state index in [0.717, 1.165) is 6.29 Å². The van der Waals surface area contributed by atoms with Crippen LogP contribution in [0.15, 0.2) is 0 Å². The van der Waals surface area contributed by atoms with Crippen LogP contribution in [0.3, 0.4) is 0 Å². The van der Waals surface area contributed by atoms with E-state index in [2.05, 4.69) is 0 Å². The van der Waals surface area contributed by atoms with Gasteiger partial charge in [0.1, 0.15) is 6.29 Å². The van der Waals surface area contributed by atoms with Gasteiger partial charge in [-0.25, -0.2) is 0 Å². The quantitative estimate of drug-likeness (QED) is 0.575. The third-order valence-corrected chi connectivity index (χ3v) is 2.56. The van der Waals surface area contributed by atoms with Gasteiger partial charge in [-0.3, -0.25) is 4.79 Å². The Balaban J connectivity index is 4.24. The van der Waals surface area contributed by atoms with E-state index >= 15 is 0 Å². The molecule has 0 spiro atoms. The third-order valence-electron chi connectivity index (χ3n) is 1.35. The van der Waals surface area contributed by atoms with Gasteiger partial charge in [-0.15, -0.1) is 0 Å². The number of rotatable bonds is 4. The third kappa shape index (κ3) is 2.14. The van der Waals surface area contributed by atoms with Crippen LogP contribution in [0.2, 0.25) is 0 Å².